The van der Waals surface area contributed by atoms with Crippen LogP contribution < -0.4 is 14.4 Å². The monoisotopic (exact) mass is 599 g/mol. The van der Waals surface area contributed by atoms with Gasteiger partial charge in [0.25, 0.3) is 10.0 Å². The van der Waals surface area contributed by atoms with E-state index in [1.165, 1.54) is 24.1 Å². The van der Waals surface area contributed by atoms with E-state index in [2.05, 4.69) is 5.32 Å². The lowest BCUT2D eigenvalue weighted by Crippen LogP contribution is -2.53. The Balaban J connectivity index is 2.07. The molecule has 0 aliphatic heterocycles. The molecule has 41 heavy (non-hydrogen) atoms. The van der Waals surface area contributed by atoms with Gasteiger partial charge in [-0.15, -0.1) is 0 Å². The average Bonchev–Trinajstić information content (AvgIpc) is 2.96. The first kappa shape index (κ1) is 32.0. The van der Waals surface area contributed by atoms with Gasteiger partial charge < -0.3 is 15.0 Å². The van der Waals surface area contributed by atoms with Crippen LogP contribution in [0.15, 0.2) is 77.7 Å². The van der Waals surface area contributed by atoms with Crippen molar-refractivity contribution in [2.45, 2.75) is 64.1 Å². The highest BCUT2D eigenvalue weighted by Gasteiger charge is 2.34. The molecule has 0 fully saturated rings. The van der Waals surface area contributed by atoms with Gasteiger partial charge in [0, 0.05) is 17.6 Å². The first-order chi connectivity index (χ1) is 19.5. The van der Waals surface area contributed by atoms with Crippen LogP contribution >= 0.6 is 11.6 Å². The fourth-order valence-corrected chi connectivity index (χ4v) is 5.90. The predicted molar refractivity (Wildman–Crippen MR) is 163 cm³/mol. The molecule has 0 saturated heterocycles. The maximum Gasteiger partial charge on any atom is 0.264 e. The van der Waals surface area contributed by atoms with Crippen molar-refractivity contribution in [3.8, 4) is 5.75 Å². The number of ether oxygens (including phenoxy) is 1. The summed E-state index contributed by atoms with van der Waals surface area (Å²) in [6, 6.07) is 19.0. The lowest BCUT2D eigenvalue weighted by atomic mass is 10.1. The van der Waals surface area contributed by atoms with Crippen LogP contribution in [-0.2, 0) is 26.2 Å². The number of sulfonamides is 1. The van der Waals surface area contributed by atoms with E-state index in [0.717, 1.165) is 16.3 Å². The number of hydrogen-bond acceptors (Lipinski definition) is 5. The maximum atomic E-state index is 14.1. The first-order valence-corrected chi connectivity index (χ1v) is 15.4. The number of methoxy groups -OCH3 is 1. The first-order valence-electron chi connectivity index (χ1n) is 13.6. The van der Waals surface area contributed by atoms with E-state index >= 15 is 0 Å². The molecule has 1 N–H and O–H groups in total. The van der Waals surface area contributed by atoms with Gasteiger partial charge in [-0.2, -0.15) is 0 Å². The summed E-state index contributed by atoms with van der Waals surface area (Å²) in [5, 5.41) is 3.41. The summed E-state index contributed by atoms with van der Waals surface area (Å²) in [6.07, 6.45) is 1.05. The topological polar surface area (TPSA) is 96.0 Å². The molecule has 0 unspecified atom stereocenters. The summed E-state index contributed by atoms with van der Waals surface area (Å²) in [7, 11) is -2.64. The van der Waals surface area contributed by atoms with Gasteiger partial charge in [0.05, 0.1) is 17.7 Å². The van der Waals surface area contributed by atoms with Crippen molar-refractivity contribution in [3.05, 3.63) is 88.9 Å². The van der Waals surface area contributed by atoms with Gasteiger partial charge in [-0.3, -0.25) is 13.9 Å². The van der Waals surface area contributed by atoms with Crippen molar-refractivity contribution in [1.29, 1.82) is 0 Å². The van der Waals surface area contributed by atoms with Gasteiger partial charge >= 0.3 is 0 Å². The molecule has 220 valence electrons. The lowest BCUT2D eigenvalue weighted by Gasteiger charge is -2.34. The third kappa shape index (κ3) is 8.01. The number of aryl methyl sites for hydroxylation is 1. The van der Waals surface area contributed by atoms with Gasteiger partial charge in [0.2, 0.25) is 11.8 Å². The summed E-state index contributed by atoms with van der Waals surface area (Å²) in [4.78, 5) is 29.0. The number of anilines is 1. The summed E-state index contributed by atoms with van der Waals surface area (Å²) >= 11 is 6.45. The number of benzene rings is 3. The number of halogens is 1. The van der Waals surface area contributed by atoms with Crippen LogP contribution in [0.3, 0.4) is 0 Å². The molecule has 0 aliphatic carbocycles. The van der Waals surface area contributed by atoms with Crippen molar-refractivity contribution in [3.63, 3.8) is 0 Å². The second-order valence-electron chi connectivity index (χ2n) is 9.88. The fraction of sp³-hybridized carbons (Fsp3) is 0.355. The van der Waals surface area contributed by atoms with E-state index < -0.39 is 28.5 Å². The molecule has 3 aromatic rings. The predicted octanol–water partition coefficient (Wildman–Crippen LogP) is 5.57. The van der Waals surface area contributed by atoms with Crippen molar-refractivity contribution in [1.82, 2.24) is 10.2 Å². The summed E-state index contributed by atoms with van der Waals surface area (Å²) in [5.74, 6) is -0.303. The molecule has 2 amide bonds. The number of hydrogen-bond donors (Lipinski definition) is 1. The maximum absolute atomic E-state index is 14.1. The zero-order valence-corrected chi connectivity index (χ0v) is 25.7. The van der Waals surface area contributed by atoms with Crippen LogP contribution in [0.25, 0.3) is 0 Å². The number of nitrogens with zero attached hydrogens (tertiary/aromatic N) is 2. The fourth-order valence-electron chi connectivity index (χ4n) is 4.29. The second-order valence-corrected chi connectivity index (χ2v) is 12.1. The number of rotatable bonds is 13. The van der Waals surface area contributed by atoms with Gasteiger partial charge in [-0.25, -0.2) is 8.42 Å². The van der Waals surface area contributed by atoms with Crippen LogP contribution in [0.1, 0.15) is 44.7 Å². The van der Waals surface area contributed by atoms with Crippen LogP contribution in [0, 0.1) is 6.92 Å². The average molecular weight is 600 g/mol. The van der Waals surface area contributed by atoms with E-state index in [4.69, 9.17) is 16.3 Å². The molecular weight excluding hydrogens is 562 g/mol. The van der Waals surface area contributed by atoms with Crippen molar-refractivity contribution in [2.24, 2.45) is 0 Å². The second kappa shape index (κ2) is 14.4. The summed E-state index contributed by atoms with van der Waals surface area (Å²) in [6.45, 7) is 7.04. The van der Waals surface area contributed by atoms with E-state index in [0.29, 0.717) is 22.8 Å². The number of carbonyl (C=O) groups is 2. The Bertz CT molecular complexity index is 1430. The zero-order valence-electron chi connectivity index (χ0n) is 24.1. The third-order valence-electron chi connectivity index (χ3n) is 6.93. The van der Waals surface area contributed by atoms with E-state index in [1.807, 2.05) is 27.7 Å². The van der Waals surface area contributed by atoms with Crippen molar-refractivity contribution >= 4 is 39.1 Å². The summed E-state index contributed by atoms with van der Waals surface area (Å²) in [5.41, 5.74) is 1.84. The number of nitrogens with one attached hydrogen (secondary N) is 1. The molecule has 0 radical (unpaired) electrons. The Morgan fingerprint density at radius 3 is 2.15 bits per heavy atom. The molecule has 3 rings (SSSR count). The Hall–Kier alpha value is -3.56. The number of amides is 2. The highest BCUT2D eigenvalue weighted by molar-refractivity contribution is 7.92. The Labute approximate surface area is 248 Å². The third-order valence-corrected chi connectivity index (χ3v) is 9.09. The van der Waals surface area contributed by atoms with Crippen LogP contribution in [-0.4, -0.2) is 50.9 Å². The van der Waals surface area contributed by atoms with E-state index in [1.54, 1.807) is 60.7 Å². The normalized spacial score (nSPS) is 12.7. The smallest absolute Gasteiger partial charge is 0.264 e. The van der Waals surface area contributed by atoms with E-state index in [-0.39, 0.29) is 29.1 Å². The molecule has 0 aliphatic rings. The standard InChI is InChI=1S/C31H38ClN3O5S/c1-6-23(4)33-31(37)29(7-2)34(20-24-10-8-9-11-28(24)32)30(36)21-35(25-14-16-26(40-5)17-15-25)41(38,39)27-18-12-22(3)13-19-27/h8-19,23,29H,6-7,20-21H2,1-5H3,(H,33,37)/t23-,29+/m1/s1. The highest BCUT2D eigenvalue weighted by Crippen LogP contribution is 2.27. The van der Waals surface area contributed by atoms with Crippen LogP contribution in [0.2, 0.25) is 5.02 Å². The Morgan fingerprint density at radius 2 is 1.59 bits per heavy atom. The van der Waals surface area contributed by atoms with Gasteiger partial charge in [0.1, 0.15) is 18.3 Å². The molecule has 0 bridgehead atoms. The molecular formula is C31H38ClN3O5S. The largest absolute Gasteiger partial charge is 0.497 e. The van der Waals surface area contributed by atoms with E-state index in [9.17, 15) is 18.0 Å². The van der Waals surface area contributed by atoms with Crippen LogP contribution in [0.5, 0.6) is 5.75 Å². The molecule has 3 aromatic carbocycles. The molecule has 0 saturated carbocycles. The van der Waals surface area contributed by atoms with Gasteiger partial charge in [-0.05, 0) is 74.7 Å². The number of carbonyl (C=O) groups excluding carboxylic acids is 2. The quantitative estimate of drug-likeness (QED) is 0.277. The Morgan fingerprint density at radius 1 is 0.951 bits per heavy atom. The summed E-state index contributed by atoms with van der Waals surface area (Å²) < 4.78 is 34.2. The molecule has 10 heteroatoms. The van der Waals surface area contributed by atoms with Crippen molar-refractivity contribution < 1.29 is 22.7 Å². The van der Waals surface area contributed by atoms with Gasteiger partial charge in [-0.1, -0.05) is 61.3 Å². The zero-order chi connectivity index (χ0) is 30.2. The minimum absolute atomic E-state index is 0.0337. The van der Waals surface area contributed by atoms with Crippen LogP contribution in [0.4, 0.5) is 5.69 Å². The Kier molecular flexibility index (Phi) is 11.2. The lowest BCUT2D eigenvalue weighted by molar-refractivity contribution is -0.140. The molecule has 2 atom stereocenters. The SMILES string of the molecule is CC[C@@H](C)NC(=O)[C@H](CC)N(Cc1ccccc1Cl)C(=O)CN(c1ccc(OC)cc1)S(=O)(=O)c1ccc(C)cc1. The minimum Gasteiger partial charge on any atom is -0.497 e. The molecule has 0 aromatic heterocycles. The molecule has 0 heterocycles. The highest BCUT2D eigenvalue weighted by atomic mass is 35.5. The minimum atomic E-state index is -4.16. The molecule has 0 spiro atoms. The van der Waals surface area contributed by atoms with Gasteiger partial charge in [0.15, 0.2) is 0 Å². The van der Waals surface area contributed by atoms with Crippen molar-refractivity contribution in [2.75, 3.05) is 18.0 Å². The molecule has 8 nitrogen and oxygen atoms in total.